The van der Waals surface area contributed by atoms with Crippen LogP contribution in [-0.2, 0) is 0 Å². The van der Waals surface area contributed by atoms with Crippen LogP contribution in [0, 0.1) is 6.33 Å². The summed E-state index contributed by atoms with van der Waals surface area (Å²) in [4.78, 5) is 10.0. The van der Waals surface area contributed by atoms with Crippen LogP contribution in [0.15, 0.2) is 12.3 Å². The molecule has 1 fully saturated rings. The summed E-state index contributed by atoms with van der Waals surface area (Å²) in [7, 11) is 0. The topological polar surface area (TPSA) is 29.0 Å². The molecule has 0 N–H and O–H groups in total. The summed E-state index contributed by atoms with van der Waals surface area (Å²) < 4.78 is 0. The summed E-state index contributed by atoms with van der Waals surface area (Å²) in [5.74, 6) is 0.999. The molecule has 0 spiro atoms. The molecule has 57 valence electrons. The van der Waals surface area contributed by atoms with E-state index in [0.717, 1.165) is 12.4 Å². The van der Waals surface area contributed by atoms with Gasteiger partial charge in [-0.25, -0.2) is 9.97 Å². The van der Waals surface area contributed by atoms with E-state index in [1.165, 1.54) is 6.42 Å². The Morgan fingerprint density at radius 1 is 1.73 bits per heavy atom. The Bertz CT molecular complexity index is 234. The summed E-state index contributed by atoms with van der Waals surface area (Å²) in [6, 6.07) is 2.56. The zero-order chi connectivity index (χ0) is 7.68. The van der Waals surface area contributed by atoms with Gasteiger partial charge in [0.15, 0.2) is 6.33 Å². The van der Waals surface area contributed by atoms with Crippen LogP contribution >= 0.6 is 0 Å². The third-order valence-electron chi connectivity index (χ3n) is 2.13. The summed E-state index contributed by atoms with van der Waals surface area (Å²) in [6.45, 7) is 3.32. The molecule has 2 rings (SSSR count). The highest BCUT2D eigenvalue weighted by Crippen LogP contribution is 2.22. The average Bonchev–Trinajstić information content (AvgIpc) is 2.04. The van der Waals surface area contributed by atoms with Crippen LogP contribution in [0.3, 0.4) is 0 Å². The molecular weight excluding hydrogens is 138 g/mol. The van der Waals surface area contributed by atoms with Gasteiger partial charge in [-0.15, -0.1) is 0 Å². The van der Waals surface area contributed by atoms with E-state index < -0.39 is 0 Å². The van der Waals surface area contributed by atoms with Gasteiger partial charge in [0.25, 0.3) is 0 Å². The Hall–Kier alpha value is -1.12. The minimum absolute atomic E-state index is 0.637. The smallest absolute Gasteiger partial charge is 0.199 e. The number of aromatic nitrogens is 2. The lowest BCUT2D eigenvalue weighted by Crippen LogP contribution is -2.46. The molecule has 0 aromatic carbocycles. The lowest BCUT2D eigenvalue weighted by atomic mass is 10.1. The monoisotopic (exact) mass is 148 g/mol. The highest BCUT2D eigenvalue weighted by Gasteiger charge is 2.24. The molecule has 0 bridgehead atoms. The van der Waals surface area contributed by atoms with Gasteiger partial charge in [0, 0.05) is 18.8 Å². The lowest BCUT2D eigenvalue weighted by molar-refractivity contribution is 0.476. The second-order valence-electron chi connectivity index (χ2n) is 2.85. The first-order chi connectivity index (χ1) is 5.38. The van der Waals surface area contributed by atoms with Crippen LogP contribution in [0.25, 0.3) is 0 Å². The first kappa shape index (κ1) is 6.58. The zero-order valence-corrected chi connectivity index (χ0v) is 6.49. The van der Waals surface area contributed by atoms with E-state index in [4.69, 9.17) is 0 Å². The van der Waals surface area contributed by atoms with Crippen molar-refractivity contribution in [1.82, 2.24) is 9.97 Å². The molecule has 1 atom stereocenters. The molecular formula is C8H10N3. The minimum Gasteiger partial charge on any atom is -0.354 e. The molecule has 0 aliphatic carbocycles. The molecule has 11 heavy (non-hydrogen) atoms. The maximum absolute atomic E-state index is 4.04. The van der Waals surface area contributed by atoms with Gasteiger partial charge in [-0.1, -0.05) is 0 Å². The maximum atomic E-state index is 4.04. The van der Waals surface area contributed by atoms with Gasteiger partial charge < -0.3 is 4.90 Å². The van der Waals surface area contributed by atoms with Gasteiger partial charge >= 0.3 is 0 Å². The van der Waals surface area contributed by atoms with E-state index in [1.807, 2.05) is 6.07 Å². The normalized spacial score (nSPS) is 23.0. The van der Waals surface area contributed by atoms with Crippen LogP contribution in [0.2, 0.25) is 0 Å². The predicted molar refractivity (Wildman–Crippen MR) is 42.3 cm³/mol. The largest absolute Gasteiger partial charge is 0.354 e. The molecule has 1 unspecified atom stereocenters. The average molecular weight is 148 g/mol. The molecule has 3 heteroatoms. The van der Waals surface area contributed by atoms with Crippen molar-refractivity contribution in [3.63, 3.8) is 0 Å². The molecule has 3 nitrogen and oxygen atoms in total. The van der Waals surface area contributed by atoms with Crippen molar-refractivity contribution in [3.8, 4) is 0 Å². The van der Waals surface area contributed by atoms with Crippen molar-refractivity contribution >= 4 is 5.82 Å². The Morgan fingerprint density at radius 2 is 2.64 bits per heavy atom. The van der Waals surface area contributed by atoms with E-state index >= 15 is 0 Å². The predicted octanol–water partition coefficient (Wildman–Crippen LogP) is 0.875. The Morgan fingerprint density at radius 3 is 3.09 bits per heavy atom. The first-order valence-electron chi connectivity index (χ1n) is 3.83. The summed E-state index contributed by atoms with van der Waals surface area (Å²) >= 11 is 0. The number of anilines is 1. The van der Waals surface area contributed by atoms with Crippen LogP contribution < -0.4 is 4.90 Å². The standard InChI is InChI=1S/C8H10N3/c1-7-3-5-11(7)8-2-4-9-6-10-8/h2,4,7H,3,5H2,1H3. The van der Waals surface area contributed by atoms with E-state index in [0.29, 0.717) is 6.04 Å². The molecule has 1 aliphatic heterocycles. The number of rotatable bonds is 1. The molecule has 1 aromatic rings. The second-order valence-corrected chi connectivity index (χ2v) is 2.85. The van der Waals surface area contributed by atoms with Gasteiger partial charge in [-0.2, -0.15) is 0 Å². The molecule has 1 aromatic heterocycles. The third-order valence-corrected chi connectivity index (χ3v) is 2.13. The van der Waals surface area contributed by atoms with Crippen LogP contribution in [-0.4, -0.2) is 22.6 Å². The highest BCUT2D eigenvalue weighted by molar-refractivity contribution is 5.40. The highest BCUT2D eigenvalue weighted by atomic mass is 15.3. The maximum Gasteiger partial charge on any atom is 0.199 e. The fourth-order valence-corrected chi connectivity index (χ4v) is 1.27. The SMILES string of the molecule is CC1CCN1c1ccn[c]n1. The van der Waals surface area contributed by atoms with Gasteiger partial charge in [-0.3, -0.25) is 0 Å². The minimum atomic E-state index is 0.637. The molecule has 1 radical (unpaired) electrons. The van der Waals surface area contributed by atoms with Gasteiger partial charge in [0.1, 0.15) is 5.82 Å². The lowest BCUT2D eigenvalue weighted by Gasteiger charge is -2.39. The fourth-order valence-electron chi connectivity index (χ4n) is 1.27. The Labute approximate surface area is 66.1 Å². The Balaban J connectivity index is 2.17. The molecule has 0 amide bonds. The van der Waals surface area contributed by atoms with Crippen molar-refractivity contribution in [2.75, 3.05) is 11.4 Å². The number of nitrogens with zero attached hydrogens (tertiary/aromatic N) is 3. The second kappa shape index (κ2) is 2.49. The third kappa shape index (κ3) is 1.06. The van der Waals surface area contributed by atoms with E-state index in [1.54, 1.807) is 6.20 Å². The summed E-state index contributed by atoms with van der Waals surface area (Å²) in [6.07, 6.45) is 5.59. The van der Waals surface area contributed by atoms with E-state index in [-0.39, 0.29) is 0 Å². The first-order valence-corrected chi connectivity index (χ1v) is 3.83. The van der Waals surface area contributed by atoms with Gasteiger partial charge in [-0.05, 0) is 19.4 Å². The van der Waals surface area contributed by atoms with Gasteiger partial charge in [0.2, 0.25) is 0 Å². The quantitative estimate of drug-likeness (QED) is 0.592. The van der Waals surface area contributed by atoms with E-state index in [2.05, 4.69) is 28.1 Å². The van der Waals surface area contributed by atoms with Crippen molar-refractivity contribution in [3.05, 3.63) is 18.6 Å². The molecule has 1 aliphatic rings. The molecule has 1 saturated heterocycles. The van der Waals surface area contributed by atoms with Gasteiger partial charge in [0.05, 0.1) is 0 Å². The molecule has 0 saturated carbocycles. The molecule has 2 heterocycles. The Kier molecular flexibility index (Phi) is 1.49. The zero-order valence-electron chi connectivity index (χ0n) is 6.49. The van der Waals surface area contributed by atoms with Crippen molar-refractivity contribution < 1.29 is 0 Å². The summed E-state index contributed by atoms with van der Waals surface area (Å²) in [5, 5.41) is 0. The van der Waals surface area contributed by atoms with Crippen LogP contribution in [0.5, 0.6) is 0 Å². The number of hydrogen-bond acceptors (Lipinski definition) is 3. The van der Waals surface area contributed by atoms with E-state index in [9.17, 15) is 0 Å². The van der Waals surface area contributed by atoms with Crippen LogP contribution in [0.1, 0.15) is 13.3 Å². The van der Waals surface area contributed by atoms with Crippen LogP contribution in [0.4, 0.5) is 5.82 Å². The fraction of sp³-hybridized carbons (Fsp3) is 0.500. The number of hydrogen-bond donors (Lipinski definition) is 0. The van der Waals surface area contributed by atoms with Crippen molar-refractivity contribution in [2.45, 2.75) is 19.4 Å². The summed E-state index contributed by atoms with van der Waals surface area (Å²) in [5.41, 5.74) is 0. The van der Waals surface area contributed by atoms with Crippen molar-refractivity contribution in [2.24, 2.45) is 0 Å². The van der Waals surface area contributed by atoms with Crippen molar-refractivity contribution in [1.29, 1.82) is 0 Å².